The third-order valence-electron chi connectivity index (χ3n) is 5.08. The van der Waals surface area contributed by atoms with Crippen LogP contribution in [0.1, 0.15) is 23.8 Å². The number of hydrogen-bond acceptors (Lipinski definition) is 6. The monoisotopic (exact) mass is 383 g/mol. The molecule has 27 heavy (non-hydrogen) atoms. The molecule has 6 nitrogen and oxygen atoms in total. The Hall–Kier alpha value is -2.57. The van der Waals surface area contributed by atoms with E-state index in [4.69, 9.17) is 25.6 Å². The Morgan fingerprint density at radius 1 is 1.11 bits per heavy atom. The summed E-state index contributed by atoms with van der Waals surface area (Å²) in [5, 5.41) is 4.96. The highest BCUT2D eigenvalue weighted by Crippen LogP contribution is 2.35. The van der Waals surface area contributed by atoms with Crippen LogP contribution in [-0.4, -0.2) is 34.9 Å². The van der Waals surface area contributed by atoms with Crippen molar-refractivity contribution in [2.45, 2.75) is 18.9 Å². The van der Waals surface area contributed by atoms with E-state index >= 15 is 0 Å². The summed E-state index contributed by atoms with van der Waals surface area (Å²) in [7, 11) is 0. The molecule has 2 aliphatic heterocycles. The average Bonchev–Trinajstić information content (AvgIpc) is 3.42. The van der Waals surface area contributed by atoms with Gasteiger partial charge in [-0.2, -0.15) is 4.98 Å². The fraction of sp³-hybridized carbons (Fsp3) is 0.300. The molecule has 0 amide bonds. The van der Waals surface area contributed by atoms with Crippen molar-refractivity contribution in [2.75, 3.05) is 19.9 Å². The van der Waals surface area contributed by atoms with Crippen molar-refractivity contribution in [3.05, 3.63) is 58.9 Å². The third kappa shape index (κ3) is 3.26. The molecule has 1 unspecified atom stereocenters. The summed E-state index contributed by atoms with van der Waals surface area (Å²) in [6, 6.07) is 13.7. The molecule has 138 valence electrons. The number of rotatable bonds is 4. The lowest BCUT2D eigenvalue weighted by atomic mass is 9.98. The number of hydrogen-bond donors (Lipinski definition) is 0. The van der Waals surface area contributed by atoms with Gasteiger partial charge in [-0.3, -0.25) is 4.90 Å². The summed E-state index contributed by atoms with van der Waals surface area (Å²) in [5.41, 5.74) is 2.07. The Labute approximate surface area is 161 Å². The minimum atomic E-state index is 0.248. The lowest BCUT2D eigenvalue weighted by molar-refractivity contribution is 0.174. The quantitative estimate of drug-likeness (QED) is 0.675. The van der Waals surface area contributed by atoms with E-state index in [0.717, 1.165) is 35.8 Å². The Kier molecular flexibility index (Phi) is 4.22. The molecular formula is C20H18ClN3O3. The number of halogens is 1. The van der Waals surface area contributed by atoms with Crippen LogP contribution in [0.25, 0.3) is 11.4 Å². The Morgan fingerprint density at radius 2 is 2.00 bits per heavy atom. The van der Waals surface area contributed by atoms with E-state index < -0.39 is 0 Å². The molecule has 0 saturated carbocycles. The van der Waals surface area contributed by atoms with Gasteiger partial charge in [0.2, 0.25) is 18.5 Å². The first kappa shape index (κ1) is 16.6. The highest BCUT2D eigenvalue weighted by atomic mass is 35.5. The van der Waals surface area contributed by atoms with Crippen LogP contribution in [0.4, 0.5) is 0 Å². The van der Waals surface area contributed by atoms with Gasteiger partial charge in [-0.15, -0.1) is 0 Å². The van der Waals surface area contributed by atoms with Crippen LogP contribution in [0.15, 0.2) is 47.0 Å². The van der Waals surface area contributed by atoms with Crippen molar-refractivity contribution >= 4 is 11.6 Å². The molecule has 2 aliphatic rings. The molecule has 1 fully saturated rings. The van der Waals surface area contributed by atoms with E-state index in [1.54, 1.807) is 0 Å². The number of ether oxygens (including phenoxy) is 2. The predicted molar refractivity (Wildman–Crippen MR) is 99.9 cm³/mol. The zero-order valence-electron chi connectivity index (χ0n) is 14.6. The predicted octanol–water partition coefficient (Wildman–Crippen LogP) is 4.11. The number of likely N-dealkylation sites (tertiary alicyclic amines) is 1. The van der Waals surface area contributed by atoms with E-state index in [-0.39, 0.29) is 6.79 Å². The van der Waals surface area contributed by atoms with Gasteiger partial charge in [0.05, 0.1) is 6.54 Å². The van der Waals surface area contributed by atoms with E-state index in [1.807, 2.05) is 36.4 Å². The highest BCUT2D eigenvalue weighted by molar-refractivity contribution is 6.31. The molecule has 0 radical (unpaired) electrons. The fourth-order valence-electron chi connectivity index (χ4n) is 3.70. The summed E-state index contributed by atoms with van der Waals surface area (Å²) in [6.45, 7) is 2.81. The van der Waals surface area contributed by atoms with Crippen LogP contribution in [0.2, 0.25) is 5.02 Å². The lowest BCUT2D eigenvalue weighted by Crippen LogP contribution is -2.20. The molecule has 0 spiro atoms. The summed E-state index contributed by atoms with van der Waals surface area (Å²) in [4.78, 5) is 6.87. The van der Waals surface area contributed by atoms with Crippen LogP contribution < -0.4 is 9.47 Å². The maximum absolute atomic E-state index is 6.35. The Morgan fingerprint density at radius 3 is 2.93 bits per heavy atom. The number of benzene rings is 2. The van der Waals surface area contributed by atoms with Crippen LogP contribution >= 0.6 is 11.6 Å². The third-order valence-corrected chi connectivity index (χ3v) is 5.42. The molecular weight excluding hydrogens is 366 g/mol. The van der Waals surface area contributed by atoms with E-state index in [1.165, 1.54) is 5.56 Å². The number of nitrogens with zero attached hydrogens (tertiary/aromatic N) is 3. The molecule has 2 aromatic carbocycles. The standard InChI is InChI=1S/C20H18ClN3O3/c21-16-4-2-1-3-15(16)14-7-8-24(10-14)11-19-22-20(23-27-19)13-5-6-17-18(9-13)26-12-25-17/h1-6,9,14H,7-8,10-12H2. The van der Waals surface area contributed by atoms with Crippen LogP contribution in [0.3, 0.4) is 0 Å². The van der Waals surface area contributed by atoms with Crippen molar-refractivity contribution in [3.63, 3.8) is 0 Å². The van der Waals surface area contributed by atoms with E-state index in [0.29, 0.717) is 29.9 Å². The Balaban J connectivity index is 1.27. The summed E-state index contributed by atoms with van der Waals surface area (Å²) in [5.74, 6) is 3.06. The van der Waals surface area contributed by atoms with E-state index in [9.17, 15) is 0 Å². The zero-order chi connectivity index (χ0) is 18.2. The average molecular weight is 384 g/mol. The maximum Gasteiger partial charge on any atom is 0.241 e. The second-order valence-electron chi connectivity index (χ2n) is 6.82. The van der Waals surface area contributed by atoms with Crippen LogP contribution in [-0.2, 0) is 6.54 Å². The van der Waals surface area contributed by atoms with Crippen molar-refractivity contribution in [1.29, 1.82) is 0 Å². The van der Waals surface area contributed by atoms with E-state index in [2.05, 4.69) is 21.1 Å². The molecule has 1 saturated heterocycles. The molecule has 3 heterocycles. The van der Waals surface area contributed by atoms with Gasteiger partial charge in [-0.05, 0) is 48.7 Å². The molecule has 7 heteroatoms. The van der Waals surface area contributed by atoms with Crippen molar-refractivity contribution in [2.24, 2.45) is 0 Å². The molecule has 1 atom stereocenters. The minimum absolute atomic E-state index is 0.248. The van der Waals surface area contributed by atoms with Crippen molar-refractivity contribution in [1.82, 2.24) is 15.0 Å². The molecule has 0 bridgehead atoms. The molecule has 5 rings (SSSR count). The van der Waals surface area contributed by atoms with Gasteiger partial charge in [0.15, 0.2) is 11.5 Å². The Bertz CT molecular complexity index is 975. The van der Waals surface area contributed by atoms with Crippen molar-refractivity contribution in [3.8, 4) is 22.9 Å². The molecule has 0 aliphatic carbocycles. The number of fused-ring (bicyclic) bond motifs is 1. The first-order chi connectivity index (χ1) is 13.3. The van der Waals surface area contributed by atoms with Gasteiger partial charge >= 0.3 is 0 Å². The summed E-state index contributed by atoms with van der Waals surface area (Å²) in [6.07, 6.45) is 1.08. The summed E-state index contributed by atoms with van der Waals surface area (Å²) < 4.78 is 16.2. The maximum atomic E-state index is 6.35. The first-order valence-electron chi connectivity index (χ1n) is 8.95. The summed E-state index contributed by atoms with van der Waals surface area (Å²) >= 11 is 6.35. The minimum Gasteiger partial charge on any atom is -0.454 e. The van der Waals surface area contributed by atoms with Crippen molar-refractivity contribution < 1.29 is 14.0 Å². The second kappa shape index (κ2) is 6.87. The zero-order valence-corrected chi connectivity index (χ0v) is 15.4. The van der Waals surface area contributed by atoms with Crippen LogP contribution in [0, 0.1) is 0 Å². The lowest BCUT2D eigenvalue weighted by Gasteiger charge is -2.14. The number of aromatic nitrogens is 2. The SMILES string of the molecule is Clc1ccccc1C1CCN(Cc2nc(-c3ccc4c(c3)OCO4)no2)C1. The molecule has 3 aromatic rings. The molecule has 0 N–H and O–H groups in total. The first-order valence-corrected chi connectivity index (χ1v) is 9.33. The molecule has 1 aromatic heterocycles. The van der Waals surface area contributed by atoms with Gasteiger partial charge in [0.25, 0.3) is 0 Å². The van der Waals surface area contributed by atoms with Gasteiger partial charge in [-0.1, -0.05) is 35.0 Å². The van der Waals surface area contributed by atoms with Gasteiger partial charge < -0.3 is 14.0 Å². The normalized spacial score (nSPS) is 18.9. The second-order valence-corrected chi connectivity index (χ2v) is 7.23. The van der Waals surface area contributed by atoms with Gasteiger partial charge in [-0.25, -0.2) is 0 Å². The van der Waals surface area contributed by atoms with Gasteiger partial charge in [0, 0.05) is 17.1 Å². The largest absolute Gasteiger partial charge is 0.454 e. The fourth-order valence-corrected chi connectivity index (χ4v) is 3.99. The van der Waals surface area contributed by atoms with Crippen LogP contribution in [0.5, 0.6) is 11.5 Å². The topological polar surface area (TPSA) is 60.6 Å². The smallest absolute Gasteiger partial charge is 0.241 e. The highest BCUT2D eigenvalue weighted by Gasteiger charge is 2.26. The van der Waals surface area contributed by atoms with Gasteiger partial charge in [0.1, 0.15) is 0 Å².